The number of rotatable bonds is 3. The zero-order valence-electron chi connectivity index (χ0n) is 14.4. The van der Waals surface area contributed by atoms with E-state index in [4.69, 9.17) is 0 Å². The highest BCUT2D eigenvalue weighted by Gasteiger charge is 2.21. The Morgan fingerprint density at radius 3 is 2.27 bits per heavy atom. The van der Waals surface area contributed by atoms with Gasteiger partial charge in [0.05, 0.1) is 6.04 Å². The van der Waals surface area contributed by atoms with Gasteiger partial charge in [-0.25, -0.2) is 0 Å². The van der Waals surface area contributed by atoms with Crippen molar-refractivity contribution >= 4 is 27.5 Å². The van der Waals surface area contributed by atoms with Crippen LogP contribution in [0.15, 0.2) is 78.9 Å². The van der Waals surface area contributed by atoms with E-state index < -0.39 is 6.04 Å². The standard InChI is InChI=1S/C23H19NO2/c1-15(25)24-23(19-11-10-16-6-2-3-8-18(16)14-19)22-20-9-5-4-7-17(20)12-13-21(22)26/h2-14,23,26H,1H3,(H,24,25). The number of carbonyl (C=O) groups is 1. The van der Waals surface area contributed by atoms with Gasteiger partial charge >= 0.3 is 0 Å². The van der Waals surface area contributed by atoms with E-state index in [0.717, 1.165) is 27.1 Å². The lowest BCUT2D eigenvalue weighted by molar-refractivity contribution is -0.119. The summed E-state index contributed by atoms with van der Waals surface area (Å²) >= 11 is 0. The molecule has 0 bridgehead atoms. The maximum atomic E-state index is 11.9. The molecule has 0 radical (unpaired) electrons. The second kappa shape index (κ2) is 6.52. The fourth-order valence-corrected chi connectivity index (χ4v) is 3.50. The summed E-state index contributed by atoms with van der Waals surface area (Å²) in [6, 6.07) is 25.2. The number of fused-ring (bicyclic) bond motifs is 2. The summed E-state index contributed by atoms with van der Waals surface area (Å²) in [5.74, 6) is 0.0334. The third-order valence-electron chi connectivity index (χ3n) is 4.69. The van der Waals surface area contributed by atoms with Crippen LogP contribution in [-0.4, -0.2) is 11.0 Å². The van der Waals surface area contributed by atoms with Gasteiger partial charge in [-0.1, -0.05) is 66.7 Å². The summed E-state index contributed by atoms with van der Waals surface area (Å²) in [7, 11) is 0. The lowest BCUT2D eigenvalue weighted by Crippen LogP contribution is -2.27. The zero-order valence-corrected chi connectivity index (χ0v) is 14.4. The smallest absolute Gasteiger partial charge is 0.217 e. The van der Waals surface area contributed by atoms with Crippen molar-refractivity contribution in [2.45, 2.75) is 13.0 Å². The molecule has 0 heterocycles. The summed E-state index contributed by atoms with van der Waals surface area (Å²) in [6.07, 6.45) is 0. The van der Waals surface area contributed by atoms with Crippen molar-refractivity contribution in [1.82, 2.24) is 5.32 Å². The first-order valence-electron chi connectivity index (χ1n) is 8.60. The maximum Gasteiger partial charge on any atom is 0.217 e. The number of phenolic OH excluding ortho intramolecular Hbond substituents is 1. The van der Waals surface area contributed by atoms with E-state index in [0.29, 0.717) is 5.56 Å². The fourth-order valence-electron chi connectivity index (χ4n) is 3.50. The fraction of sp³-hybridized carbons (Fsp3) is 0.0870. The molecule has 2 N–H and O–H groups in total. The predicted octanol–water partition coefficient (Wildman–Crippen LogP) is 4.92. The number of aromatic hydroxyl groups is 1. The first-order valence-corrected chi connectivity index (χ1v) is 8.60. The van der Waals surface area contributed by atoms with Crippen molar-refractivity contribution in [3.63, 3.8) is 0 Å². The maximum absolute atomic E-state index is 11.9. The molecule has 0 saturated heterocycles. The van der Waals surface area contributed by atoms with Gasteiger partial charge in [0.15, 0.2) is 0 Å². The number of nitrogens with one attached hydrogen (secondary N) is 1. The number of carbonyl (C=O) groups excluding carboxylic acids is 1. The average molecular weight is 341 g/mol. The quantitative estimate of drug-likeness (QED) is 0.555. The van der Waals surface area contributed by atoms with Gasteiger partial charge < -0.3 is 10.4 Å². The van der Waals surface area contributed by atoms with Crippen LogP contribution in [0, 0.1) is 0 Å². The van der Waals surface area contributed by atoms with Crippen LogP contribution in [0.1, 0.15) is 24.1 Å². The van der Waals surface area contributed by atoms with E-state index in [2.05, 4.69) is 17.4 Å². The summed E-state index contributed by atoms with van der Waals surface area (Å²) in [6.45, 7) is 1.50. The van der Waals surface area contributed by atoms with Gasteiger partial charge in [0.1, 0.15) is 5.75 Å². The molecule has 0 fully saturated rings. The van der Waals surface area contributed by atoms with Crippen molar-refractivity contribution < 1.29 is 9.90 Å². The van der Waals surface area contributed by atoms with Crippen LogP contribution in [-0.2, 0) is 4.79 Å². The summed E-state index contributed by atoms with van der Waals surface area (Å²) in [5, 5.41) is 17.8. The number of benzene rings is 4. The molecule has 1 unspecified atom stereocenters. The third-order valence-corrected chi connectivity index (χ3v) is 4.69. The second-order valence-corrected chi connectivity index (χ2v) is 6.46. The normalized spacial score (nSPS) is 12.2. The van der Waals surface area contributed by atoms with Crippen LogP contribution in [0.3, 0.4) is 0 Å². The molecule has 0 aliphatic rings. The minimum absolute atomic E-state index is 0.143. The monoisotopic (exact) mass is 341 g/mol. The van der Waals surface area contributed by atoms with Crippen LogP contribution in [0.25, 0.3) is 21.5 Å². The molecule has 4 aromatic carbocycles. The third kappa shape index (κ3) is 2.88. The van der Waals surface area contributed by atoms with Crippen molar-refractivity contribution in [2.75, 3.05) is 0 Å². The molecule has 26 heavy (non-hydrogen) atoms. The summed E-state index contributed by atoms with van der Waals surface area (Å²) < 4.78 is 0. The Morgan fingerprint density at radius 1 is 0.846 bits per heavy atom. The molecule has 0 spiro atoms. The topological polar surface area (TPSA) is 49.3 Å². The highest BCUT2D eigenvalue weighted by Crippen LogP contribution is 2.36. The Hall–Kier alpha value is -3.33. The van der Waals surface area contributed by atoms with E-state index in [1.807, 2.05) is 60.7 Å². The molecule has 0 aliphatic heterocycles. The van der Waals surface area contributed by atoms with E-state index in [1.165, 1.54) is 6.92 Å². The molecule has 128 valence electrons. The van der Waals surface area contributed by atoms with Crippen LogP contribution < -0.4 is 5.32 Å². The summed E-state index contributed by atoms with van der Waals surface area (Å²) in [5.41, 5.74) is 1.65. The molecular formula is C23H19NO2. The van der Waals surface area contributed by atoms with Gasteiger partial charge in [-0.3, -0.25) is 4.79 Å². The molecular weight excluding hydrogens is 322 g/mol. The molecule has 0 saturated carbocycles. The van der Waals surface area contributed by atoms with Gasteiger partial charge in [-0.05, 0) is 39.2 Å². The molecule has 3 nitrogen and oxygen atoms in total. The first kappa shape index (κ1) is 16.2. The molecule has 3 heteroatoms. The Kier molecular flexibility index (Phi) is 4.05. The van der Waals surface area contributed by atoms with E-state index >= 15 is 0 Å². The first-order chi connectivity index (χ1) is 12.6. The van der Waals surface area contributed by atoms with E-state index in [1.54, 1.807) is 6.07 Å². The van der Waals surface area contributed by atoms with Crippen LogP contribution in [0.4, 0.5) is 0 Å². The Balaban J connectivity index is 1.95. The Morgan fingerprint density at radius 2 is 1.50 bits per heavy atom. The van der Waals surface area contributed by atoms with Gasteiger partial charge in [-0.2, -0.15) is 0 Å². The van der Waals surface area contributed by atoms with Crippen molar-refractivity contribution in [3.05, 3.63) is 90.0 Å². The highest BCUT2D eigenvalue weighted by atomic mass is 16.3. The largest absolute Gasteiger partial charge is 0.508 e. The molecule has 0 aromatic heterocycles. The van der Waals surface area contributed by atoms with Crippen LogP contribution in [0.5, 0.6) is 5.75 Å². The average Bonchev–Trinajstić information content (AvgIpc) is 2.66. The predicted molar refractivity (Wildman–Crippen MR) is 105 cm³/mol. The minimum atomic E-state index is -0.428. The molecule has 4 aromatic rings. The lowest BCUT2D eigenvalue weighted by Gasteiger charge is -2.22. The van der Waals surface area contributed by atoms with Crippen molar-refractivity contribution in [1.29, 1.82) is 0 Å². The number of hydrogen-bond acceptors (Lipinski definition) is 2. The SMILES string of the molecule is CC(=O)NC(c1ccc2ccccc2c1)c1c(O)ccc2ccccc12. The van der Waals surface area contributed by atoms with Gasteiger partial charge in [0.25, 0.3) is 0 Å². The number of amides is 1. The zero-order chi connectivity index (χ0) is 18.1. The molecule has 4 rings (SSSR count). The Bertz CT molecular complexity index is 1120. The van der Waals surface area contributed by atoms with Crippen LogP contribution in [0.2, 0.25) is 0 Å². The van der Waals surface area contributed by atoms with Gasteiger partial charge in [0.2, 0.25) is 5.91 Å². The number of phenols is 1. The van der Waals surface area contributed by atoms with Crippen molar-refractivity contribution in [2.24, 2.45) is 0 Å². The van der Waals surface area contributed by atoms with E-state index in [9.17, 15) is 9.90 Å². The highest BCUT2D eigenvalue weighted by molar-refractivity contribution is 5.90. The lowest BCUT2D eigenvalue weighted by atomic mass is 9.91. The minimum Gasteiger partial charge on any atom is -0.508 e. The summed E-state index contributed by atoms with van der Waals surface area (Å²) in [4.78, 5) is 11.9. The Labute approximate surface area is 151 Å². The molecule has 0 aliphatic carbocycles. The van der Waals surface area contributed by atoms with Gasteiger partial charge in [0, 0.05) is 12.5 Å². The second-order valence-electron chi connectivity index (χ2n) is 6.46. The number of hydrogen-bond donors (Lipinski definition) is 2. The van der Waals surface area contributed by atoms with Crippen molar-refractivity contribution in [3.8, 4) is 5.75 Å². The molecule has 1 amide bonds. The van der Waals surface area contributed by atoms with E-state index in [-0.39, 0.29) is 11.7 Å². The van der Waals surface area contributed by atoms with Gasteiger partial charge in [-0.15, -0.1) is 0 Å². The molecule has 1 atom stereocenters. The van der Waals surface area contributed by atoms with Crippen LogP contribution >= 0.6 is 0 Å².